The van der Waals surface area contributed by atoms with E-state index in [1.54, 1.807) is 55.5 Å². The van der Waals surface area contributed by atoms with Crippen molar-refractivity contribution in [1.29, 1.82) is 0 Å². The van der Waals surface area contributed by atoms with Gasteiger partial charge in [0.2, 0.25) is 11.6 Å². The molecule has 0 amide bonds. The van der Waals surface area contributed by atoms with Gasteiger partial charge in [0, 0.05) is 22.0 Å². The molecule has 5 aromatic rings. The van der Waals surface area contributed by atoms with Crippen molar-refractivity contribution in [1.82, 2.24) is 9.66 Å². The van der Waals surface area contributed by atoms with Crippen molar-refractivity contribution in [3.63, 3.8) is 0 Å². The van der Waals surface area contributed by atoms with Gasteiger partial charge in [-0.2, -0.15) is 9.78 Å². The Kier molecular flexibility index (Phi) is 6.99. The summed E-state index contributed by atoms with van der Waals surface area (Å²) < 4.78 is 18.0. The van der Waals surface area contributed by atoms with Gasteiger partial charge in [-0.15, -0.1) is 6.42 Å². The van der Waals surface area contributed by atoms with Crippen LogP contribution in [0.15, 0.2) is 75.0 Å². The van der Waals surface area contributed by atoms with Crippen LogP contribution in [0.25, 0.3) is 33.5 Å². The number of aromatic nitrogens is 2. The highest BCUT2D eigenvalue weighted by molar-refractivity contribution is 6.31. The molecular formula is C28H19ClN4O6. The number of furan rings is 1. The van der Waals surface area contributed by atoms with E-state index in [0.29, 0.717) is 21.5 Å². The topological polar surface area (TPSA) is 122 Å². The van der Waals surface area contributed by atoms with Gasteiger partial charge >= 0.3 is 5.69 Å². The first-order valence-electron chi connectivity index (χ1n) is 11.7. The fourth-order valence-corrected chi connectivity index (χ4v) is 4.16. The summed E-state index contributed by atoms with van der Waals surface area (Å²) in [5.74, 6) is 2.72. The van der Waals surface area contributed by atoms with Crippen LogP contribution < -0.4 is 15.0 Å². The zero-order valence-corrected chi connectivity index (χ0v) is 21.2. The zero-order chi connectivity index (χ0) is 27.5. The number of nitrogens with zero attached hydrogens (tertiary/aromatic N) is 4. The van der Waals surface area contributed by atoms with Gasteiger partial charge in [0.25, 0.3) is 5.56 Å². The number of hydrogen-bond donors (Lipinski definition) is 0. The summed E-state index contributed by atoms with van der Waals surface area (Å²) >= 11 is 6.12. The fraction of sp³-hybridized carbons (Fsp3) is 0.107. The summed E-state index contributed by atoms with van der Waals surface area (Å²) in [6.45, 7) is 1.77. The van der Waals surface area contributed by atoms with Crippen LogP contribution in [0.4, 0.5) is 5.69 Å². The molecule has 3 aromatic carbocycles. The molecule has 0 radical (unpaired) electrons. The quantitative estimate of drug-likeness (QED) is 0.107. The van der Waals surface area contributed by atoms with Gasteiger partial charge < -0.3 is 13.9 Å². The van der Waals surface area contributed by atoms with Crippen molar-refractivity contribution in [2.45, 2.75) is 6.92 Å². The van der Waals surface area contributed by atoms with Crippen LogP contribution in [0.3, 0.4) is 0 Å². The maximum Gasteiger partial charge on any atom is 0.315 e. The summed E-state index contributed by atoms with van der Waals surface area (Å²) in [5.41, 5.74) is 0.453. The molecule has 2 aromatic heterocycles. The molecule has 194 valence electrons. The van der Waals surface area contributed by atoms with E-state index in [4.69, 9.17) is 31.9 Å². The molecular weight excluding hydrogens is 524 g/mol. The number of fused-ring (bicyclic) bond motifs is 2. The normalized spacial score (nSPS) is 11.2. The van der Waals surface area contributed by atoms with E-state index in [1.165, 1.54) is 18.3 Å². The van der Waals surface area contributed by atoms with Crippen LogP contribution in [0.5, 0.6) is 11.5 Å². The third kappa shape index (κ3) is 5.03. The Balaban J connectivity index is 1.68. The van der Waals surface area contributed by atoms with E-state index in [0.717, 1.165) is 10.1 Å². The smallest absolute Gasteiger partial charge is 0.315 e. The molecule has 0 saturated carbocycles. The molecule has 0 fully saturated rings. The number of benzene rings is 3. The molecule has 0 aliphatic rings. The molecule has 39 heavy (non-hydrogen) atoms. The van der Waals surface area contributed by atoms with Crippen molar-refractivity contribution in [3.8, 4) is 35.4 Å². The van der Waals surface area contributed by atoms with Crippen LogP contribution in [0.2, 0.25) is 5.02 Å². The number of nitro benzene ring substituents is 1. The Morgan fingerprint density at radius 2 is 2.03 bits per heavy atom. The maximum atomic E-state index is 13.5. The first-order chi connectivity index (χ1) is 18.9. The van der Waals surface area contributed by atoms with Crippen LogP contribution in [0, 0.1) is 22.5 Å². The van der Waals surface area contributed by atoms with Crippen LogP contribution in [-0.2, 0) is 0 Å². The SMILES string of the molecule is C#CCOc1c(OCC)cc(C=Nn2c(-c3cc4cc(Cl)ccc4o3)nc3ccccc3c2=O)cc1[N+](=O)[O-]. The lowest BCUT2D eigenvalue weighted by Crippen LogP contribution is -2.20. The average molecular weight is 543 g/mol. The van der Waals surface area contributed by atoms with Gasteiger partial charge in [-0.25, -0.2) is 4.98 Å². The minimum atomic E-state index is -0.611. The highest BCUT2D eigenvalue weighted by atomic mass is 35.5. The Morgan fingerprint density at radius 3 is 2.79 bits per heavy atom. The molecule has 0 spiro atoms. The Labute approximate surface area is 226 Å². The van der Waals surface area contributed by atoms with E-state index in [1.807, 2.05) is 0 Å². The predicted molar refractivity (Wildman–Crippen MR) is 148 cm³/mol. The molecule has 0 unspecified atom stereocenters. The van der Waals surface area contributed by atoms with Gasteiger partial charge in [0.15, 0.2) is 11.5 Å². The van der Waals surface area contributed by atoms with E-state index in [9.17, 15) is 14.9 Å². The number of hydrogen-bond acceptors (Lipinski definition) is 8. The van der Waals surface area contributed by atoms with Gasteiger partial charge in [0.05, 0.1) is 28.6 Å². The Hall–Kier alpha value is -5.14. The molecule has 0 bridgehead atoms. The van der Waals surface area contributed by atoms with Crippen molar-refractivity contribution in [2.75, 3.05) is 13.2 Å². The third-order valence-electron chi connectivity index (χ3n) is 5.63. The molecule has 5 rings (SSSR count). The second-order valence-corrected chi connectivity index (χ2v) is 8.59. The average Bonchev–Trinajstić information content (AvgIpc) is 3.34. The van der Waals surface area contributed by atoms with Crippen molar-refractivity contribution < 1.29 is 18.8 Å². The highest BCUT2D eigenvalue weighted by Gasteiger charge is 2.23. The van der Waals surface area contributed by atoms with Crippen molar-refractivity contribution in [3.05, 3.63) is 91.7 Å². The van der Waals surface area contributed by atoms with Crippen LogP contribution in [-0.4, -0.2) is 34.0 Å². The molecule has 0 saturated heterocycles. The molecule has 0 N–H and O–H groups in total. The van der Waals surface area contributed by atoms with Gasteiger partial charge in [-0.1, -0.05) is 29.7 Å². The zero-order valence-electron chi connectivity index (χ0n) is 20.5. The number of rotatable bonds is 8. The maximum absolute atomic E-state index is 13.5. The summed E-state index contributed by atoms with van der Waals surface area (Å²) in [6.07, 6.45) is 6.55. The largest absolute Gasteiger partial charge is 0.490 e. The first-order valence-corrected chi connectivity index (χ1v) is 12.0. The first kappa shape index (κ1) is 25.5. The van der Waals surface area contributed by atoms with Crippen LogP contribution >= 0.6 is 11.6 Å². The minimum Gasteiger partial charge on any atom is -0.490 e. The van der Waals surface area contributed by atoms with Crippen molar-refractivity contribution >= 4 is 45.4 Å². The molecule has 0 aliphatic heterocycles. The lowest BCUT2D eigenvalue weighted by atomic mass is 10.2. The van der Waals surface area contributed by atoms with Gasteiger partial charge in [-0.05, 0) is 49.4 Å². The minimum absolute atomic E-state index is 0.0943. The number of para-hydroxylation sites is 1. The lowest BCUT2D eigenvalue weighted by Gasteiger charge is -2.12. The Bertz CT molecular complexity index is 1870. The predicted octanol–water partition coefficient (Wildman–Crippen LogP) is 5.66. The Morgan fingerprint density at radius 1 is 1.21 bits per heavy atom. The number of halogens is 1. The van der Waals surface area contributed by atoms with Gasteiger partial charge in [0.1, 0.15) is 12.2 Å². The third-order valence-corrected chi connectivity index (χ3v) is 5.86. The summed E-state index contributed by atoms with van der Waals surface area (Å²) in [4.78, 5) is 29.3. The van der Waals surface area contributed by atoms with E-state index < -0.39 is 10.5 Å². The number of ether oxygens (including phenoxy) is 2. The molecule has 2 heterocycles. The van der Waals surface area contributed by atoms with Gasteiger partial charge in [-0.3, -0.25) is 14.9 Å². The van der Waals surface area contributed by atoms with E-state index in [-0.39, 0.29) is 47.5 Å². The van der Waals surface area contributed by atoms with Crippen LogP contribution in [0.1, 0.15) is 12.5 Å². The van der Waals surface area contributed by atoms with Crippen molar-refractivity contribution in [2.24, 2.45) is 5.10 Å². The van der Waals surface area contributed by atoms with E-state index >= 15 is 0 Å². The second kappa shape index (κ2) is 10.7. The number of terminal acetylenes is 1. The highest BCUT2D eigenvalue weighted by Crippen LogP contribution is 2.38. The lowest BCUT2D eigenvalue weighted by molar-refractivity contribution is -0.385. The summed E-state index contributed by atoms with van der Waals surface area (Å²) in [6, 6.07) is 16.4. The summed E-state index contributed by atoms with van der Waals surface area (Å²) in [5, 5.41) is 17.7. The van der Waals surface area contributed by atoms with E-state index in [2.05, 4.69) is 16.0 Å². The summed E-state index contributed by atoms with van der Waals surface area (Å²) in [7, 11) is 0. The molecule has 10 nitrogen and oxygen atoms in total. The molecule has 0 aliphatic carbocycles. The monoisotopic (exact) mass is 542 g/mol. The number of nitro groups is 1. The molecule has 0 atom stereocenters. The fourth-order valence-electron chi connectivity index (χ4n) is 3.98. The second-order valence-electron chi connectivity index (χ2n) is 8.16. The standard InChI is InChI=1S/C28H19ClN4O6/c1-3-11-38-26-22(33(35)36)12-17(13-24(26)37-4-2)16-30-32-27(31-21-8-6-5-7-20(21)28(32)34)25-15-18-14-19(29)9-10-23(18)39-25/h1,5-10,12-16H,4,11H2,2H3. The molecule has 11 heteroatoms.